The van der Waals surface area contributed by atoms with Gasteiger partial charge in [0.15, 0.2) is 0 Å². The highest BCUT2D eigenvalue weighted by Gasteiger charge is 2.17. The van der Waals surface area contributed by atoms with Crippen molar-refractivity contribution in [2.45, 2.75) is 19.4 Å². The number of benzene rings is 1. The molecule has 110 valence electrons. The number of hydrogen-bond donors (Lipinski definition) is 3. The lowest BCUT2D eigenvalue weighted by atomic mass is 10.0. The number of halogens is 1. The molecule has 0 saturated heterocycles. The highest BCUT2D eigenvalue weighted by molar-refractivity contribution is 6.30. The molecule has 7 heteroatoms. The number of H-pyrrole nitrogens is 1. The van der Waals surface area contributed by atoms with Crippen LogP contribution in [0.2, 0.25) is 5.02 Å². The van der Waals surface area contributed by atoms with Crippen LogP contribution in [0.4, 0.5) is 5.69 Å². The molecule has 2 amide bonds. The molecule has 2 rings (SSSR count). The molecule has 1 heterocycles. The maximum atomic E-state index is 12.0. The number of nitrogens with zero attached hydrogens (tertiary/aromatic N) is 1. The van der Waals surface area contributed by atoms with Gasteiger partial charge in [0, 0.05) is 18.1 Å². The standard InChI is InChI=1S/C14H15ClN4O2/c1-9(20)18-13(10-2-4-11(15)5-3-10)6-14(21)19-12-7-16-17-8-12/h2-5,7-8,13H,6H2,1H3,(H,16,17)(H,18,20)(H,19,21). The van der Waals surface area contributed by atoms with Crippen LogP contribution in [0, 0.1) is 0 Å². The van der Waals surface area contributed by atoms with Gasteiger partial charge in [-0.3, -0.25) is 14.7 Å². The van der Waals surface area contributed by atoms with Crippen molar-refractivity contribution in [2.75, 3.05) is 5.32 Å². The van der Waals surface area contributed by atoms with E-state index in [1.165, 1.54) is 13.1 Å². The Labute approximate surface area is 126 Å². The zero-order valence-electron chi connectivity index (χ0n) is 11.4. The first-order valence-electron chi connectivity index (χ1n) is 6.36. The normalized spacial score (nSPS) is 11.7. The number of aromatic nitrogens is 2. The van der Waals surface area contributed by atoms with Gasteiger partial charge < -0.3 is 10.6 Å². The van der Waals surface area contributed by atoms with Crippen LogP contribution in [-0.4, -0.2) is 22.0 Å². The second-order valence-corrected chi connectivity index (χ2v) is 4.98. The lowest BCUT2D eigenvalue weighted by molar-refractivity contribution is -0.120. The molecule has 1 aromatic heterocycles. The SMILES string of the molecule is CC(=O)NC(CC(=O)Nc1cn[nH]c1)c1ccc(Cl)cc1. The van der Waals surface area contributed by atoms with Gasteiger partial charge in [0.25, 0.3) is 0 Å². The summed E-state index contributed by atoms with van der Waals surface area (Å²) in [5.74, 6) is -0.420. The Balaban J connectivity index is 2.07. The lowest BCUT2D eigenvalue weighted by Gasteiger charge is -2.18. The molecule has 0 aliphatic carbocycles. The topological polar surface area (TPSA) is 86.9 Å². The average molecular weight is 307 g/mol. The number of anilines is 1. The molecule has 0 radical (unpaired) electrons. The fourth-order valence-electron chi connectivity index (χ4n) is 1.91. The third kappa shape index (κ3) is 4.61. The highest BCUT2D eigenvalue weighted by Crippen LogP contribution is 2.20. The minimum absolute atomic E-state index is 0.117. The highest BCUT2D eigenvalue weighted by atomic mass is 35.5. The van der Waals surface area contributed by atoms with Gasteiger partial charge in [-0.1, -0.05) is 23.7 Å². The molecule has 3 N–H and O–H groups in total. The molecule has 0 bridgehead atoms. The summed E-state index contributed by atoms with van der Waals surface area (Å²) in [6, 6.07) is 6.60. The first kappa shape index (κ1) is 15.1. The summed E-state index contributed by atoms with van der Waals surface area (Å²) < 4.78 is 0. The Hall–Kier alpha value is -2.34. The van der Waals surface area contributed by atoms with Gasteiger partial charge in [-0.15, -0.1) is 0 Å². The monoisotopic (exact) mass is 306 g/mol. The second-order valence-electron chi connectivity index (χ2n) is 4.54. The Kier molecular flexibility index (Phi) is 4.94. The Morgan fingerprint density at radius 2 is 2.05 bits per heavy atom. The smallest absolute Gasteiger partial charge is 0.226 e. The van der Waals surface area contributed by atoms with Crippen LogP contribution in [0.3, 0.4) is 0 Å². The van der Waals surface area contributed by atoms with Crippen molar-refractivity contribution in [3.63, 3.8) is 0 Å². The minimum Gasteiger partial charge on any atom is -0.349 e. The van der Waals surface area contributed by atoms with E-state index in [2.05, 4.69) is 20.8 Å². The second kappa shape index (κ2) is 6.90. The van der Waals surface area contributed by atoms with Crippen LogP contribution in [0.25, 0.3) is 0 Å². The third-order valence-corrected chi connectivity index (χ3v) is 3.07. The van der Waals surface area contributed by atoms with E-state index in [0.29, 0.717) is 10.7 Å². The van der Waals surface area contributed by atoms with Crippen molar-refractivity contribution >= 4 is 29.1 Å². The van der Waals surface area contributed by atoms with Crippen LogP contribution in [0.5, 0.6) is 0 Å². The predicted molar refractivity (Wildman–Crippen MR) is 79.8 cm³/mol. The van der Waals surface area contributed by atoms with Crippen molar-refractivity contribution in [1.82, 2.24) is 15.5 Å². The van der Waals surface area contributed by atoms with Gasteiger partial charge in [0.2, 0.25) is 11.8 Å². The van der Waals surface area contributed by atoms with Gasteiger partial charge in [0.1, 0.15) is 0 Å². The summed E-state index contributed by atoms with van der Waals surface area (Å²) in [4.78, 5) is 23.3. The fourth-order valence-corrected chi connectivity index (χ4v) is 2.04. The third-order valence-electron chi connectivity index (χ3n) is 2.82. The predicted octanol–water partition coefficient (Wildman–Crippen LogP) is 2.27. The summed E-state index contributed by atoms with van der Waals surface area (Å²) in [5, 5.41) is 12.4. The first-order chi connectivity index (χ1) is 10.0. The van der Waals surface area contributed by atoms with Gasteiger partial charge in [-0.25, -0.2) is 0 Å². The average Bonchev–Trinajstić information content (AvgIpc) is 2.91. The van der Waals surface area contributed by atoms with E-state index in [4.69, 9.17) is 11.6 Å². The minimum atomic E-state index is -0.410. The van der Waals surface area contributed by atoms with E-state index in [9.17, 15) is 9.59 Å². The number of amides is 2. The molecule has 21 heavy (non-hydrogen) atoms. The number of aromatic amines is 1. The molecule has 1 aromatic carbocycles. The van der Waals surface area contributed by atoms with E-state index in [0.717, 1.165) is 5.56 Å². The number of nitrogens with one attached hydrogen (secondary N) is 3. The van der Waals surface area contributed by atoms with Crippen molar-refractivity contribution in [3.05, 3.63) is 47.2 Å². The van der Waals surface area contributed by atoms with Crippen LogP contribution in [0.1, 0.15) is 24.9 Å². The molecule has 1 atom stereocenters. The quantitative estimate of drug-likeness (QED) is 0.792. The number of carbonyl (C=O) groups is 2. The maximum Gasteiger partial charge on any atom is 0.226 e. The molecule has 6 nitrogen and oxygen atoms in total. The summed E-state index contributed by atoms with van der Waals surface area (Å²) in [6.45, 7) is 1.41. The summed E-state index contributed by atoms with van der Waals surface area (Å²) in [5.41, 5.74) is 1.40. The number of hydrogen-bond acceptors (Lipinski definition) is 3. The van der Waals surface area contributed by atoms with E-state index in [1.54, 1.807) is 30.5 Å². The first-order valence-corrected chi connectivity index (χ1v) is 6.73. The number of carbonyl (C=O) groups excluding carboxylic acids is 2. The summed E-state index contributed by atoms with van der Waals surface area (Å²) in [7, 11) is 0. The molecule has 0 fully saturated rings. The molecule has 0 aliphatic heterocycles. The number of rotatable bonds is 5. The molecular weight excluding hydrogens is 292 g/mol. The molecule has 2 aromatic rings. The van der Waals surface area contributed by atoms with Crippen molar-refractivity contribution < 1.29 is 9.59 Å². The van der Waals surface area contributed by atoms with E-state index < -0.39 is 6.04 Å². The van der Waals surface area contributed by atoms with E-state index >= 15 is 0 Å². The van der Waals surface area contributed by atoms with Gasteiger partial charge in [0.05, 0.1) is 24.3 Å². The van der Waals surface area contributed by atoms with Gasteiger partial charge >= 0.3 is 0 Å². The van der Waals surface area contributed by atoms with Crippen molar-refractivity contribution in [1.29, 1.82) is 0 Å². The Bertz CT molecular complexity index is 610. The zero-order valence-corrected chi connectivity index (χ0v) is 12.1. The van der Waals surface area contributed by atoms with Crippen LogP contribution in [-0.2, 0) is 9.59 Å². The van der Waals surface area contributed by atoms with Crippen LogP contribution < -0.4 is 10.6 Å². The Morgan fingerprint density at radius 3 is 2.62 bits per heavy atom. The fraction of sp³-hybridized carbons (Fsp3) is 0.214. The Morgan fingerprint density at radius 1 is 1.33 bits per heavy atom. The molecule has 1 unspecified atom stereocenters. The van der Waals surface area contributed by atoms with Gasteiger partial charge in [-0.05, 0) is 17.7 Å². The van der Waals surface area contributed by atoms with Crippen LogP contribution in [0.15, 0.2) is 36.7 Å². The molecule has 0 saturated carbocycles. The largest absolute Gasteiger partial charge is 0.349 e. The molecular formula is C14H15ClN4O2. The zero-order chi connectivity index (χ0) is 15.2. The summed E-state index contributed by atoms with van der Waals surface area (Å²) >= 11 is 5.85. The van der Waals surface area contributed by atoms with Gasteiger partial charge in [-0.2, -0.15) is 5.10 Å². The maximum absolute atomic E-state index is 12.0. The summed E-state index contributed by atoms with van der Waals surface area (Å²) in [6.07, 6.45) is 3.20. The van der Waals surface area contributed by atoms with Crippen LogP contribution >= 0.6 is 11.6 Å². The van der Waals surface area contributed by atoms with Crippen molar-refractivity contribution in [2.24, 2.45) is 0 Å². The molecule has 0 spiro atoms. The van der Waals surface area contributed by atoms with E-state index in [-0.39, 0.29) is 18.2 Å². The lowest BCUT2D eigenvalue weighted by Crippen LogP contribution is -2.29. The van der Waals surface area contributed by atoms with E-state index in [1.807, 2.05) is 0 Å². The molecule has 0 aliphatic rings. The van der Waals surface area contributed by atoms with Crippen molar-refractivity contribution in [3.8, 4) is 0 Å².